The molecule has 0 fully saturated rings. The molecule has 0 heterocycles. The van der Waals surface area contributed by atoms with Crippen molar-refractivity contribution in [3.05, 3.63) is 12.7 Å². The molecule has 0 aliphatic heterocycles. The van der Waals surface area contributed by atoms with E-state index in [1.54, 1.807) is 21.2 Å². The fourth-order valence-corrected chi connectivity index (χ4v) is 0.217. The zero-order valence-electron chi connectivity index (χ0n) is 7.46. The fraction of sp³-hybridized carbons (Fsp3) is 0.500. The second kappa shape index (κ2) is 9.35. The van der Waals surface area contributed by atoms with Gasteiger partial charge in [-0.25, -0.2) is 4.79 Å². The Morgan fingerprint density at radius 1 is 1.64 bits per heavy atom. The third-order valence-corrected chi connectivity index (χ3v) is 0.439. The molecule has 0 saturated carbocycles. The summed E-state index contributed by atoms with van der Waals surface area (Å²) in [6, 6.07) is 0. The van der Waals surface area contributed by atoms with Crippen molar-refractivity contribution in [1.29, 1.82) is 0 Å². The number of carbonyl (C=O) groups excluding carboxylic acids is 1. The van der Waals surface area contributed by atoms with Crippen molar-refractivity contribution in [2.75, 3.05) is 21.2 Å². The Labute approximate surface area is 70.3 Å². The van der Waals surface area contributed by atoms with E-state index in [0.717, 1.165) is 16.6 Å². The lowest BCUT2D eigenvalue weighted by Crippen LogP contribution is -2.16. The SMILES string of the molecule is C=CC(=O)ON(C)C.CO[SiH3]. The standard InChI is InChI=1S/C5H9NO2.CH6OSi/c1-4-5(7)8-6(2)3;1-2-3/h4H,1H2,2-3H3;1,3H3. The lowest BCUT2D eigenvalue weighted by molar-refractivity contribution is -0.171. The van der Waals surface area contributed by atoms with E-state index in [4.69, 9.17) is 0 Å². The van der Waals surface area contributed by atoms with E-state index in [-0.39, 0.29) is 0 Å². The minimum absolute atomic E-state index is 0.435. The number of hydroxylamine groups is 2. The van der Waals surface area contributed by atoms with Gasteiger partial charge in [0.15, 0.2) is 0 Å². The molecule has 0 aliphatic carbocycles. The summed E-state index contributed by atoms with van der Waals surface area (Å²) in [4.78, 5) is 14.7. The third kappa shape index (κ3) is 17.6. The molecule has 0 aliphatic rings. The second-order valence-electron chi connectivity index (χ2n) is 1.84. The molecule has 0 unspecified atom stereocenters. The molecule has 0 N–H and O–H groups in total. The Morgan fingerprint density at radius 2 is 2.00 bits per heavy atom. The van der Waals surface area contributed by atoms with Crippen LogP contribution in [-0.2, 0) is 14.1 Å². The monoisotopic (exact) mass is 177 g/mol. The number of carbonyl (C=O) groups is 1. The van der Waals surface area contributed by atoms with Gasteiger partial charge in [0.2, 0.25) is 0 Å². The molecular formula is C6H15NO3Si. The molecule has 0 bridgehead atoms. The minimum atomic E-state index is -0.435. The average Bonchev–Trinajstić information content (AvgIpc) is 1.88. The van der Waals surface area contributed by atoms with Crippen LogP contribution >= 0.6 is 0 Å². The molecule has 0 amide bonds. The van der Waals surface area contributed by atoms with Gasteiger partial charge in [0, 0.05) is 27.3 Å². The maximum absolute atomic E-state index is 10.2. The molecule has 4 nitrogen and oxygen atoms in total. The Balaban J connectivity index is 0. The molecule has 0 atom stereocenters. The summed E-state index contributed by atoms with van der Waals surface area (Å²) in [6.07, 6.45) is 1.11. The van der Waals surface area contributed by atoms with Crippen LogP contribution in [-0.4, -0.2) is 42.7 Å². The number of hydrogen-bond donors (Lipinski definition) is 0. The van der Waals surface area contributed by atoms with Crippen molar-refractivity contribution in [1.82, 2.24) is 5.06 Å². The molecule has 66 valence electrons. The first-order valence-corrected chi connectivity index (χ1v) is 3.82. The van der Waals surface area contributed by atoms with E-state index in [2.05, 4.69) is 15.8 Å². The normalized spacial score (nSPS) is 8.36. The highest BCUT2D eigenvalue weighted by Gasteiger charge is 1.94. The molecule has 0 aromatic heterocycles. The molecule has 0 spiro atoms. The quantitative estimate of drug-likeness (QED) is 0.311. The van der Waals surface area contributed by atoms with Crippen LogP contribution in [0, 0.1) is 0 Å². The summed E-state index contributed by atoms with van der Waals surface area (Å²) >= 11 is 0. The Hall–Kier alpha value is -0.653. The van der Waals surface area contributed by atoms with Gasteiger partial charge in [-0.2, -0.15) is 0 Å². The molecule has 0 aromatic carbocycles. The van der Waals surface area contributed by atoms with Crippen molar-refractivity contribution in [3.63, 3.8) is 0 Å². The molecule has 0 aromatic rings. The van der Waals surface area contributed by atoms with Gasteiger partial charge in [0.1, 0.15) is 10.5 Å². The molecule has 0 rings (SSSR count). The number of rotatable bonds is 2. The van der Waals surface area contributed by atoms with Crippen molar-refractivity contribution in [2.24, 2.45) is 0 Å². The van der Waals surface area contributed by atoms with E-state index < -0.39 is 5.97 Å². The first-order valence-electron chi connectivity index (χ1n) is 3.00. The van der Waals surface area contributed by atoms with E-state index >= 15 is 0 Å². The van der Waals surface area contributed by atoms with Gasteiger partial charge in [0.05, 0.1) is 0 Å². The van der Waals surface area contributed by atoms with Crippen LogP contribution in [0.4, 0.5) is 0 Å². The molecule has 5 heteroatoms. The van der Waals surface area contributed by atoms with E-state index in [1.807, 2.05) is 0 Å². The van der Waals surface area contributed by atoms with Crippen LogP contribution < -0.4 is 0 Å². The van der Waals surface area contributed by atoms with Crippen molar-refractivity contribution in [2.45, 2.75) is 0 Å². The Kier molecular flexibility index (Phi) is 11.0. The van der Waals surface area contributed by atoms with Gasteiger partial charge in [-0.05, 0) is 0 Å². The largest absolute Gasteiger partial charge is 0.431 e. The maximum atomic E-state index is 10.2. The Bertz CT molecular complexity index is 116. The third-order valence-electron chi connectivity index (χ3n) is 0.439. The van der Waals surface area contributed by atoms with Crippen LogP contribution in [0.5, 0.6) is 0 Å². The lowest BCUT2D eigenvalue weighted by atomic mass is 10.7. The highest BCUT2D eigenvalue weighted by molar-refractivity contribution is 5.97. The lowest BCUT2D eigenvalue weighted by Gasteiger charge is -2.05. The van der Waals surface area contributed by atoms with Gasteiger partial charge in [-0.15, -0.1) is 5.06 Å². The summed E-state index contributed by atoms with van der Waals surface area (Å²) in [5.74, 6) is -0.435. The first kappa shape index (κ1) is 13.0. The smallest absolute Gasteiger partial charge is 0.349 e. The predicted octanol–water partition coefficient (Wildman–Crippen LogP) is -0.895. The summed E-state index contributed by atoms with van der Waals surface area (Å²) < 4.78 is 4.39. The highest BCUT2D eigenvalue weighted by atomic mass is 28.2. The van der Waals surface area contributed by atoms with E-state index in [1.165, 1.54) is 5.06 Å². The molecule has 11 heavy (non-hydrogen) atoms. The summed E-state index contributed by atoms with van der Waals surface area (Å²) in [5, 5.41) is 1.31. The molecule has 0 radical (unpaired) electrons. The van der Waals surface area contributed by atoms with E-state index in [9.17, 15) is 4.79 Å². The first-order chi connectivity index (χ1) is 5.08. The van der Waals surface area contributed by atoms with Gasteiger partial charge in [-0.3, -0.25) is 0 Å². The second-order valence-corrected chi connectivity index (χ2v) is 2.65. The van der Waals surface area contributed by atoms with E-state index in [0.29, 0.717) is 0 Å². The van der Waals surface area contributed by atoms with Crippen molar-refractivity contribution >= 4 is 16.5 Å². The maximum Gasteiger partial charge on any atom is 0.349 e. The van der Waals surface area contributed by atoms with Crippen molar-refractivity contribution in [3.8, 4) is 0 Å². The van der Waals surface area contributed by atoms with Gasteiger partial charge >= 0.3 is 5.97 Å². The van der Waals surface area contributed by atoms with Gasteiger partial charge in [0.25, 0.3) is 0 Å². The topological polar surface area (TPSA) is 38.8 Å². The van der Waals surface area contributed by atoms with Gasteiger partial charge in [-0.1, -0.05) is 6.58 Å². The zero-order valence-corrected chi connectivity index (χ0v) is 9.46. The highest BCUT2D eigenvalue weighted by Crippen LogP contribution is 1.79. The molecule has 0 saturated heterocycles. The summed E-state index contributed by atoms with van der Waals surface area (Å²) in [6.45, 7) is 3.21. The average molecular weight is 177 g/mol. The van der Waals surface area contributed by atoms with Crippen molar-refractivity contribution < 1.29 is 14.1 Å². The van der Waals surface area contributed by atoms with Crippen LogP contribution in [0.1, 0.15) is 0 Å². The van der Waals surface area contributed by atoms with Crippen LogP contribution in [0.25, 0.3) is 0 Å². The fourth-order valence-electron chi connectivity index (χ4n) is 0.217. The van der Waals surface area contributed by atoms with Crippen LogP contribution in [0.15, 0.2) is 12.7 Å². The minimum Gasteiger partial charge on any atom is -0.431 e. The Morgan fingerprint density at radius 3 is 2.09 bits per heavy atom. The van der Waals surface area contributed by atoms with Crippen LogP contribution in [0.2, 0.25) is 0 Å². The number of nitrogens with zero attached hydrogens (tertiary/aromatic N) is 1. The van der Waals surface area contributed by atoms with Gasteiger partial charge < -0.3 is 9.26 Å². The zero-order chi connectivity index (χ0) is 9.28. The molecular weight excluding hydrogens is 162 g/mol. The number of hydrogen-bond acceptors (Lipinski definition) is 4. The summed E-state index contributed by atoms with van der Waals surface area (Å²) in [5.41, 5.74) is 0. The van der Waals surface area contributed by atoms with Crippen LogP contribution in [0.3, 0.4) is 0 Å². The predicted molar refractivity (Wildman–Crippen MR) is 46.9 cm³/mol. The summed E-state index contributed by atoms with van der Waals surface area (Å²) in [7, 11) is 5.81.